The molecule has 1 aromatic heterocycles. The van der Waals surface area contributed by atoms with E-state index >= 15 is 0 Å². The summed E-state index contributed by atoms with van der Waals surface area (Å²) in [4.78, 5) is 13.0. The molecule has 1 aliphatic heterocycles. The van der Waals surface area contributed by atoms with Gasteiger partial charge in [-0.15, -0.1) is 5.10 Å². The van der Waals surface area contributed by atoms with Crippen LogP contribution < -0.4 is 9.47 Å². The molecule has 1 saturated carbocycles. The van der Waals surface area contributed by atoms with E-state index in [1.807, 2.05) is 6.07 Å². The maximum absolute atomic E-state index is 13.0. The molecule has 2 aromatic rings. The van der Waals surface area contributed by atoms with Gasteiger partial charge in [-0.05, 0) is 65.6 Å². The van der Waals surface area contributed by atoms with E-state index in [9.17, 15) is 9.90 Å². The van der Waals surface area contributed by atoms with Gasteiger partial charge in [0.2, 0.25) is 6.79 Å². The minimum atomic E-state index is 0.118. The fourth-order valence-corrected chi connectivity index (χ4v) is 5.11. The van der Waals surface area contributed by atoms with Gasteiger partial charge in [-0.3, -0.25) is 4.79 Å². The van der Waals surface area contributed by atoms with Crippen molar-refractivity contribution < 1.29 is 19.4 Å². The van der Waals surface area contributed by atoms with E-state index in [0.29, 0.717) is 18.1 Å². The molecule has 0 radical (unpaired) electrons. The molecule has 168 valence electrons. The molecule has 8 heteroatoms. The number of ether oxygens (including phenoxy) is 2. The average molecular weight is 429 g/mol. The van der Waals surface area contributed by atoms with Gasteiger partial charge >= 0.3 is 0 Å². The molecule has 0 amide bonds. The Labute approximate surface area is 182 Å². The number of Topliss-reactive ketones (excluding diaryl/α,β-unsaturated/α-hetero) is 1. The first-order chi connectivity index (χ1) is 15.3. The number of aliphatic hydroxyl groups excluding tert-OH is 1. The number of tetrazole rings is 1. The SMILES string of the molecule is O=C1CC(c2ccc3c(c2)OCO3)C(CCCCO)C1CCCCCCc1nnn[nH]1. The van der Waals surface area contributed by atoms with Gasteiger partial charge in [0.05, 0.1) is 0 Å². The number of nitrogens with zero attached hydrogens (tertiary/aromatic N) is 3. The predicted molar refractivity (Wildman–Crippen MR) is 114 cm³/mol. The second kappa shape index (κ2) is 10.7. The number of benzene rings is 1. The van der Waals surface area contributed by atoms with E-state index in [1.165, 1.54) is 5.56 Å². The van der Waals surface area contributed by atoms with Crippen molar-refractivity contribution in [1.82, 2.24) is 20.6 Å². The standard InChI is InChI=1S/C23H32N4O4/c28-12-6-5-7-17-18(8-3-1-2-4-9-23-24-26-27-25-23)20(29)14-19(17)16-10-11-21-22(13-16)31-15-30-21/h10-11,13,17-19,28H,1-9,12,14-15H2,(H,24,25,26,27). The fourth-order valence-electron chi connectivity index (χ4n) is 5.11. The summed E-state index contributed by atoms with van der Waals surface area (Å²) in [6.07, 6.45) is 9.50. The summed E-state index contributed by atoms with van der Waals surface area (Å²) >= 11 is 0. The van der Waals surface area contributed by atoms with Crippen LogP contribution >= 0.6 is 0 Å². The van der Waals surface area contributed by atoms with Gasteiger partial charge in [-0.25, -0.2) is 5.10 Å². The molecular formula is C23H32N4O4. The number of aromatic nitrogens is 4. The van der Waals surface area contributed by atoms with Crippen molar-refractivity contribution in [2.75, 3.05) is 13.4 Å². The van der Waals surface area contributed by atoms with E-state index in [0.717, 1.165) is 75.1 Å². The lowest BCUT2D eigenvalue weighted by Crippen LogP contribution is -2.17. The summed E-state index contributed by atoms with van der Waals surface area (Å²) < 4.78 is 11.0. The van der Waals surface area contributed by atoms with Crippen LogP contribution in [0.5, 0.6) is 11.5 Å². The Morgan fingerprint density at radius 2 is 1.87 bits per heavy atom. The number of hydrogen-bond donors (Lipinski definition) is 2. The highest BCUT2D eigenvalue weighted by atomic mass is 16.7. The van der Waals surface area contributed by atoms with Crippen molar-refractivity contribution >= 4 is 5.78 Å². The van der Waals surface area contributed by atoms with Gasteiger partial charge in [-0.1, -0.05) is 31.7 Å². The Morgan fingerprint density at radius 3 is 2.71 bits per heavy atom. The Balaban J connectivity index is 1.33. The van der Waals surface area contributed by atoms with Crippen molar-refractivity contribution in [2.24, 2.45) is 11.8 Å². The van der Waals surface area contributed by atoms with Crippen LogP contribution in [0.25, 0.3) is 0 Å². The average Bonchev–Trinajstić information content (AvgIpc) is 3.52. The lowest BCUT2D eigenvalue weighted by atomic mass is 9.79. The summed E-state index contributed by atoms with van der Waals surface area (Å²) in [5, 5.41) is 23.1. The van der Waals surface area contributed by atoms with E-state index in [4.69, 9.17) is 9.47 Å². The molecule has 1 aliphatic carbocycles. The Morgan fingerprint density at radius 1 is 1.03 bits per heavy atom. The fraction of sp³-hybridized carbons (Fsp3) is 0.652. The first kappa shape index (κ1) is 21.7. The number of carbonyl (C=O) groups excluding carboxylic acids is 1. The summed E-state index contributed by atoms with van der Waals surface area (Å²) in [7, 11) is 0. The van der Waals surface area contributed by atoms with Crippen molar-refractivity contribution in [2.45, 2.75) is 70.1 Å². The molecule has 31 heavy (non-hydrogen) atoms. The highest BCUT2D eigenvalue weighted by Gasteiger charge is 2.42. The molecule has 3 atom stereocenters. The second-order valence-corrected chi connectivity index (χ2v) is 8.68. The number of aromatic amines is 1. The normalized spacial score (nSPS) is 22.4. The van der Waals surface area contributed by atoms with Crippen LogP contribution in [0.15, 0.2) is 18.2 Å². The molecule has 4 rings (SSSR count). The number of H-pyrrole nitrogens is 1. The van der Waals surface area contributed by atoms with Crippen LogP contribution in [-0.2, 0) is 11.2 Å². The number of aliphatic hydroxyl groups is 1. The number of carbonyl (C=O) groups is 1. The molecule has 2 N–H and O–H groups in total. The zero-order chi connectivity index (χ0) is 21.5. The van der Waals surface area contributed by atoms with Crippen molar-refractivity contribution in [3.63, 3.8) is 0 Å². The molecule has 1 fully saturated rings. The molecule has 0 spiro atoms. The molecule has 2 aliphatic rings. The minimum absolute atomic E-state index is 0.118. The quantitative estimate of drug-likeness (QED) is 0.497. The predicted octanol–water partition coefficient (Wildman–Crippen LogP) is 3.57. The van der Waals surface area contributed by atoms with Gasteiger partial charge in [0.15, 0.2) is 11.5 Å². The zero-order valence-electron chi connectivity index (χ0n) is 18.0. The zero-order valence-corrected chi connectivity index (χ0v) is 18.0. The third-order valence-corrected chi connectivity index (χ3v) is 6.71. The highest BCUT2D eigenvalue weighted by molar-refractivity contribution is 5.85. The van der Waals surface area contributed by atoms with Gasteiger partial charge in [0, 0.05) is 25.4 Å². The number of hydrogen-bond acceptors (Lipinski definition) is 7. The van der Waals surface area contributed by atoms with Gasteiger partial charge in [0.1, 0.15) is 11.6 Å². The lowest BCUT2D eigenvalue weighted by Gasteiger charge is -2.24. The van der Waals surface area contributed by atoms with E-state index in [1.54, 1.807) is 0 Å². The van der Waals surface area contributed by atoms with Crippen LogP contribution in [0, 0.1) is 11.8 Å². The largest absolute Gasteiger partial charge is 0.454 e. The van der Waals surface area contributed by atoms with E-state index in [-0.39, 0.29) is 25.2 Å². The number of rotatable bonds is 12. The lowest BCUT2D eigenvalue weighted by molar-refractivity contribution is -0.121. The van der Waals surface area contributed by atoms with Crippen molar-refractivity contribution in [1.29, 1.82) is 0 Å². The third kappa shape index (κ3) is 5.42. The van der Waals surface area contributed by atoms with Crippen molar-refractivity contribution in [3.8, 4) is 11.5 Å². The van der Waals surface area contributed by atoms with E-state index in [2.05, 4.69) is 32.8 Å². The van der Waals surface area contributed by atoms with Crippen LogP contribution in [0.3, 0.4) is 0 Å². The number of ketones is 1. The summed E-state index contributed by atoms with van der Waals surface area (Å²) in [5.41, 5.74) is 1.18. The summed E-state index contributed by atoms with van der Waals surface area (Å²) in [5.74, 6) is 3.47. The number of fused-ring (bicyclic) bond motifs is 1. The summed E-state index contributed by atoms with van der Waals surface area (Å²) in [6, 6.07) is 6.11. The minimum Gasteiger partial charge on any atom is -0.454 e. The van der Waals surface area contributed by atoms with Crippen LogP contribution in [0.4, 0.5) is 0 Å². The molecule has 0 saturated heterocycles. The molecule has 0 bridgehead atoms. The Hall–Kier alpha value is -2.48. The smallest absolute Gasteiger partial charge is 0.231 e. The number of unbranched alkanes of at least 4 members (excludes halogenated alkanes) is 4. The third-order valence-electron chi connectivity index (χ3n) is 6.71. The molecule has 3 unspecified atom stereocenters. The van der Waals surface area contributed by atoms with Gasteiger partial charge < -0.3 is 14.6 Å². The maximum Gasteiger partial charge on any atom is 0.231 e. The molecular weight excluding hydrogens is 396 g/mol. The summed E-state index contributed by atoms with van der Waals surface area (Å²) in [6.45, 7) is 0.471. The number of aryl methyl sites for hydroxylation is 1. The van der Waals surface area contributed by atoms with Gasteiger partial charge in [0.25, 0.3) is 0 Å². The molecule has 2 heterocycles. The Bertz CT molecular complexity index is 842. The first-order valence-electron chi connectivity index (χ1n) is 11.5. The number of nitrogens with one attached hydrogen (secondary N) is 1. The topological polar surface area (TPSA) is 110 Å². The Kier molecular flexibility index (Phi) is 7.51. The van der Waals surface area contributed by atoms with Crippen LogP contribution in [-0.4, -0.2) is 44.9 Å². The van der Waals surface area contributed by atoms with E-state index < -0.39 is 0 Å². The first-order valence-corrected chi connectivity index (χ1v) is 11.5. The highest BCUT2D eigenvalue weighted by Crippen LogP contribution is 2.48. The van der Waals surface area contributed by atoms with Crippen molar-refractivity contribution in [3.05, 3.63) is 29.6 Å². The molecule has 1 aromatic carbocycles. The monoisotopic (exact) mass is 428 g/mol. The second-order valence-electron chi connectivity index (χ2n) is 8.68. The van der Waals surface area contributed by atoms with Gasteiger partial charge in [-0.2, -0.15) is 0 Å². The van der Waals surface area contributed by atoms with Crippen LogP contribution in [0.1, 0.15) is 75.1 Å². The maximum atomic E-state index is 13.0. The molecule has 8 nitrogen and oxygen atoms in total. The van der Waals surface area contributed by atoms with Crippen LogP contribution in [0.2, 0.25) is 0 Å².